The van der Waals surface area contributed by atoms with E-state index in [-0.39, 0.29) is 0 Å². The van der Waals surface area contributed by atoms with Gasteiger partial charge in [-0.1, -0.05) is 0 Å². The number of nitrogens with one attached hydrogen (secondary N) is 1. The predicted molar refractivity (Wildman–Crippen MR) is 76.5 cm³/mol. The number of aromatic nitrogens is 2. The lowest BCUT2D eigenvalue weighted by Gasteiger charge is -2.07. The first kappa shape index (κ1) is 13.3. The number of ether oxygens (including phenoxy) is 1. The van der Waals surface area contributed by atoms with Crippen LogP contribution in [0.2, 0.25) is 0 Å². The number of hydrogen-bond donors (Lipinski definition) is 2. The fourth-order valence-corrected chi connectivity index (χ4v) is 2.86. The van der Waals surface area contributed by atoms with Gasteiger partial charge in [0.05, 0.1) is 6.54 Å². The average Bonchev–Trinajstić information content (AvgIpc) is 2.72. The molecule has 2 aromatic heterocycles. The van der Waals surface area contributed by atoms with E-state index in [0.29, 0.717) is 30.6 Å². The SMILES string of the molecule is COCc1nc(N)cc(NCc2sccc2Br)n1. The van der Waals surface area contributed by atoms with Gasteiger partial charge in [-0.2, -0.15) is 0 Å². The Kier molecular flexibility index (Phi) is 4.51. The van der Waals surface area contributed by atoms with E-state index < -0.39 is 0 Å². The molecule has 3 N–H and O–H groups in total. The maximum absolute atomic E-state index is 5.72. The smallest absolute Gasteiger partial charge is 0.158 e. The summed E-state index contributed by atoms with van der Waals surface area (Å²) in [7, 11) is 1.60. The van der Waals surface area contributed by atoms with Crippen molar-refractivity contribution in [2.24, 2.45) is 0 Å². The van der Waals surface area contributed by atoms with Crippen molar-refractivity contribution in [1.82, 2.24) is 9.97 Å². The van der Waals surface area contributed by atoms with Crippen LogP contribution in [0, 0.1) is 0 Å². The summed E-state index contributed by atoms with van der Waals surface area (Å²) in [6, 6.07) is 3.73. The standard InChI is InChI=1S/C11H13BrN4OS/c1-17-6-11-15-9(13)4-10(16-11)14-5-8-7(12)2-3-18-8/h2-4H,5-6H2,1H3,(H3,13,14,15,16). The average molecular weight is 329 g/mol. The number of nitrogens with zero attached hydrogens (tertiary/aromatic N) is 2. The molecule has 0 aliphatic carbocycles. The molecule has 2 heterocycles. The molecule has 0 radical (unpaired) electrons. The van der Waals surface area contributed by atoms with Gasteiger partial charge in [-0.05, 0) is 27.4 Å². The lowest BCUT2D eigenvalue weighted by atomic mass is 10.4. The number of thiophene rings is 1. The van der Waals surface area contributed by atoms with Gasteiger partial charge < -0.3 is 15.8 Å². The number of rotatable bonds is 5. The number of hydrogen-bond acceptors (Lipinski definition) is 6. The van der Waals surface area contributed by atoms with Gasteiger partial charge in [0.15, 0.2) is 5.82 Å². The van der Waals surface area contributed by atoms with Crippen LogP contribution in [0.5, 0.6) is 0 Å². The van der Waals surface area contributed by atoms with Crippen molar-refractivity contribution < 1.29 is 4.74 Å². The van der Waals surface area contributed by atoms with Crippen molar-refractivity contribution in [2.75, 3.05) is 18.2 Å². The summed E-state index contributed by atoms with van der Waals surface area (Å²) in [5.41, 5.74) is 5.72. The second-order valence-corrected chi connectivity index (χ2v) is 5.43. The fourth-order valence-electron chi connectivity index (χ4n) is 1.42. The minimum atomic E-state index is 0.350. The van der Waals surface area contributed by atoms with E-state index in [1.54, 1.807) is 24.5 Å². The second kappa shape index (κ2) is 6.12. The van der Waals surface area contributed by atoms with Gasteiger partial charge in [-0.15, -0.1) is 11.3 Å². The van der Waals surface area contributed by atoms with Crippen LogP contribution in [-0.2, 0) is 17.9 Å². The Morgan fingerprint density at radius 3 is 3.00 bits per heavy atom. The van der Waals surface area contributed by atoms with Gasteiger partial charge in [-0.25, -0.2) is 9.97 Å². The van der Waals surface area contributed by atoms with Crippen molar-refractivity contribution in [3.05, 3.63) is 32.7 Å². The summed E-state index contributed by atoms with van der Waals surface area (Å²) in [5.74, 6) is 1.71. The van der Waals surface area contributed by atoms with Crippen LogP contribution in [0.4, 0.5) is 11.6 Å². The van der Waals surface area contributed by atoms with Gasteiger partial charge >= 0.3 is 0 Å². The predicted octanol–water partition coefficient (Wildman–Crippen LogP) is 2.64. The molecule has 0 amide bonds. The van der Waals surface area contributed by atoms with Crippen molar-refractivity contribution in [2.45, 2.75) is 13.2 Å². The van der Waals surface area contributed by atoms with Gasteiger partial charge in [0.2, 0.25) is 0 Å². The quantitative estimate of drug-likeness (QED) is 0.882. The minimum Gasteiger partial charge on any atom is -0.384 e. The van der Waals surface area contributed by atoms with E-state index in [2.05, 4.69) is 31.2 Å². The second-order valence-electron chi connectivity index (χ2n) is 3.57. The Labute approximate surface area is 118 Å². The van der Waals surface area contributed by atoms with E-state index >= 15 is 0 Å². The molecule has 0 unspecified atom stereocenters. The molecule has 5 nitrogen and oxygen atoms in total. The third-order valence-electron chi connectivity index (χ3n) is 2.19. The third kappa shape index (κ3) is 3.41. The monoisotopic (exact) mass is 328 g/mol. The first-order valence-corrected chi connectivity index (χ1v) is 6.94. The zero-order chi connectivity index (χ0) is 13.0. The Balaban J connectivity index is 2.07. The summed E-state index contributed by atoms with van der Waals surface area (Å²) in [5, 5.41) is 5.25. The van der Waals surface area contributed by atoms with Gasteiger partial charge in [0, 0.05) is 22.5 Å². The molecule has 0 aromatic carbocycles. The van der Waals surface area contributed by atoms with E-state index in [1.807, 2.05) is 11.4 Å². The molecule has 0 bridgehead atoms. The first-order chi connectivity index (χ1) is 8.69. The molecular weight excluding hydrogens is 316 g/mol. The Morgan fingerprint density at radius 1 is 1.50 bits per heavy atom. The van der Waals surface area contributed by atoms with Crippen LogP contribution in [0.25, 0.3) is 0 Å². The lowest BCUT2D eigenvalue weighted by Crippen LogP contribution is -2.06. The van der Waals surface area contributed by atoms with Crippen molar-refractivity contribution in [3.8, 4) is 0 Å². The number of anilines is 2. The maximum Gasteiger partial charge on any atom is 0.158 e. The topological polar surface area (TPSA) is 73.1 Å². The summed E-state index contributed by atoms with van der Waals surface area (Å²) < 4.78 is 6.09. The molecule has 2 rings (SSSR count). The van der Waals surface area contributed by atoms with E-state index in [0.717, 1.165) is 4.47 Å². The van der Waals surface area contributed by atoms with Crippen LogP contribution in [0.1, 0.15) is 10.7 Å². The fraction of sp³-hybridized carbons (Fsp3) is 0.273. The van der Waals surface area contributed by atoms with Crippen LogP contribution in [-0.4, -0.2) is 17.1 Å². The number of methoxy groups -OCH3 is 1. The molecule has 0 saturated carbocycles. The molecule has 0 aliphatic heterocycles. The third-order valence-corrected chi connectivity index (χ3v) is 4.11. The summed E-state index contributed by atoms with van der Waals surface area (Å²) in [4.78, 5) is 9.60. The maximum atomic E-state index is 5.72. The minimum absolute atomic E-state index is 0.350. The molecule has 0 atom stereocenters. The summed E-state index contributed by atoms with van der Waals surface area (Å²) in [6.45, 7) is 1.05. The molecule has 96 valence electrons. The van der Waals surface area contributed by atoms with Crippen LogP contribution in [0.3, 0.4) is 0 Å². The highest BCUT2D eigenvalue weighted by atomic mass is 79.9. The number of nitrogen functional groups attached to an aromatic ring is 1. The van der Waals surface area contributed by atoms with Gasteiger partial charge in [0.1, 0.15) is 18.2 Å². The zero-order valence-electron chi connectivity index (χ0n) is 9.81. The van der Waals surface area contributed by atoms with Gasteiger partial charge in [-0.3, -0.25) is 0 Å². The largest absolute Gasteiger partial charge is 0.384 e. The molecule has 18 heavy (non-hydrogen) atoms. The molecule has 0 saturated heterocycles. The van der Waals surface area contributed by atoms with Gasteiger partial charge in [0.25, 0.3) is 0 Å². The Morgan fingerprint density at radius 2 is 2.33 bits per heavy atom. The molecule has 0 spiro atoms. The highest BCUT2D eigenvalue weighted by Gasteiger charge is 2.04. The van der Waals surface area contributed by atoms with E-state index in [4.69, 9.17) is 10.5 Å². The number of nitrogens with two attached hydrogens (primary N) is 1. The Bertz CT molecular complexity index is 532. The lowest BCUT2D eigenvalue weighted by molar-refractivity contribution is 0.178. The van der Waals surface area contributed by atoms with Crippen LogP contribution < -0.4 is 11.1 Å². The highest BCUT2D eigenvalue weighted by Crippen LogP contribution is 2.23. The summed E-state index contributed by atoms with van der Waals surface area (Å²) in [6.07, 6.45) is 0. The normalized spacial score (nSPS) is 10.6. The molecule has 0 fully saturated rings. The molecule has 2 aromatic rings. The van der Waals surface area contributed by atoms with Crippen molar-refractivity contribution >= 4 is 38.9 Å². The summed E-state index contributed by atoms with van der Waals surface area (Å²) >= 11 is 5.17. The van der Waals surface area contributed by atoms with Crippen molar-refractivity contribution in [1.29, 1.82) is 0 Å². The molecular formula is C11H13BrN4OS. The zero-order valence-corrected chi connectivity index (χ0v) is 12.2. The van der Waals surface area contributed by atoms with E-state index in [9.17, 15) is 0 Å². The van der Waals surface area contributed by atoms with E-state index in [1.165, 1.54) is 4.88 Å². The highest BCUT2D eigenvalue weighted by molar-refractivity contribution is 9.10. The number of halogens is 1. The molecule has 7 heteroatoms. The molecule has 0 aliphatic rings. The van der Waals surface area contributed by atoms with Crippen molar-refractivity contribution in [3.63, 3.8) is 0 Å². The van der Waals surface area contributed by atoms with Crippen LogP contribution in [0.15, 0.2) is 22.0 Å². The Hall–Kier alpha value is -1.18. The van der Waals surface area contributed by atoms with Crippen LogP contribution >= 0.6 is 27.3 Å². The first-order valence-electron chi connectivity index (χ1n) is 5.27.